The molecule has 148 valence electrons. The third-order valence-corrected chi connectivity index (χ3v) is 5.78. The molecule has 5 rings (SSSR count). The molecule has 2 aromatic carbocycles. The normalized spacial score (nSPS) is 16.4. The number of hydrogen-bond acceptors (Lipinski definition) is 6. The minimum atomic E-state index is 0.524. The molecule has 6 nitrogen and oxygen atoms in total. The van der Waals surface area contributed by atoms with E-state index < -0.39 is 0 Å². The fourth-order valence-electron chi connectivity index (χ4n) is 4.29. The summed E-state index contributed by atoms with van der Waals surface area (Å²) in [6, 6.07) is 17.1. The van der Waals surface area contributed by atoms with E-state index in [2.05, 4.69) is 73.8 Å². The van der Waals surface area contributed by atoms with Gasteiger partial charge in [-0.1, -0.05) is 18.2 Å². The lowest BCUT2D eigenvalue weighted by molar-refractivity contribution is 0.578. The van der Waals surface area contributed by atoms with Crippen LogP contribution >= 0.6 is 0 Å². The zero-order valence-electron chi connectivity index (χ0n) is 16.6. The van der Waals surface area contributed by atoms with Crippen molar-refractivity contribution in [1.29, 1.82) is 0 Å². The highest BCUT2D eigenvalue weighted by Gasteiger charge is 2.19. The molecular formula is C23H26N6. The van der Waals surface area contributed by atoms with E-state index in [0.717, 1.165) is 44.0 Å². The van der Waals surface area contributed by atoms with Gasteiger partial charge in [0, 0.05) is 36.7 Å². The lowest BCUT2D eigenvalue weighted by Crippen LogP contribution is -2.29. The number of nitrogens with zero attached hydrogens (tertiary/aromatic N) is 5. The molecule has 29 heavy (non-hydrogen) atoms. The summed E-state index contributed by atoms with van der Waals surface area (Å²) < 4.78 is 0. The molecule has 1 N–H and O–H groups in total. The first-order valence-electron chi connectivity index (χ1n) is 10.5. The second-order valence-corrected chi connectivity index (χ2v) is 7.74. The van der Waals surface area contributed by atoms with E-state index in [1.165, 1.54) is 36.2 Å². The van der Waals surface area contributed by atoms with Gasteiger partial charge < -0.3 is 15.1 Å². The summed E-state index contributed by atoms with van der Waals surface area (Å²) in [5, 5.41) is 11.7. The Hall–Kier alpha value is -3.15. The van der Waals surface area contributed by atoms with E-state index >= 15 is 0 Å². The predicted molar refractivity (Wildman–Crippen MR) is 117 cm³/mol. The van der Waals surface area contributed by atoms with Crippen LogP contribution in [0.1, 0.15) is 31.2 Å². The average Bonchev–Trinajstić information content (AvgIpc) is 2.80. The SMILES string of the molecule is c1ccc2c(c1)CCCN2c1cnnc(Nc2ccc(N3CCCCC3)cc2)n1. The summed E-state index contributed by atoms with van der Waals surface area (Å²) >= 11 is 0. The van der Waals surface area contributed by atoms with Gasteiger partial charge in [0.1, 0.15) is 0 Å². The quantitative estimate of drug-likeness (QED) is 0.702. The van der Waals surface area contributed by atoms with Crippen LogP contribution in [0.3, 0.4) is 0 Å². The van der Waals surface area contributed by atoms with Gasteiger partial charge in [0.05, 0.1) is 6.20 Å². The fraction of sp³-hybridized carbons (Fsp3) is 0.348. The highest BCUT2D eigenvalue weighted by Crippen LogP contribution is 2.32. The van der Waals surface area contributed by atoms with E-state index in [1.54, 1.807) is 6.20 Å². The second-order valence-electron chi connectivity index (χ2n) is 7.74. The molecule has 0 radical (unpaired) electrons. The fourth-order valence-corrected chi connectivity index (χ4v) is 4.29. The highest BCUT2D eigenvalue weighted by molar-refractivity contribution is 5.66. The Balaban J connectivity index is 1.33. The van der Waals surface area contributed by atoms with Gasteiger partial charge in [0.25, 0.3) is 0 Å². The van der Waals surface area contributed by atoms with Gasteiger partial charge in [0.15, 0.2) is 5.82 Å². The maximum Gasteiger partial charge on any atom is 0.249 e. The topological polar surface area (TPSA) is 57.2 Å². The monoisotopic (exact) mass is 386 g/mol. The smallest absolute Gasteiger partial charge is 0.249 e. The number of piperidine rings is 1. The van der Waals surface area contributed by atoms with Crippen LogP contribution in [0.25, 0.3) is 0 Å². The van der Waals surface area contributed by atoms with Crippen molar-refractivity contribution in [2.75, 3.05) is 34.8 Å². The van der Waals surface area contributed by atoms with Gasteiger partial charge in [-0.15, -0.1) is 5.10 Å². The zero-order chi connectivity index (χ0) is 19.5. The van der Waals surface area contributed by atoms with Crippen LogP contribution in [0.5, 0.6) is 0 Å². The highest BCUT2D eigenvalue weighted by atomic mass is 15.3. The van der Waals surface area contributed by atoms with Crippen molar-refractivity contribution in [3.05, 3.63) is 60.3 Å². The number of aryl methyl sites for hydroxylation is 1. The molecule has 6 heteroatoms. The molecule has 0 saturated carbocycles. The third-order valence-electron chi connectivity index (χ3n) is 5.78. The first-order valence-corrected chi connectivity index (χ1v) is 10.5. The summed E-state index contributed by atoms with van der Waals surface area (Å²) in [5.41, 5.74) is 4.84. The number of aromatic nitrogens is 3. The molecule has 3 aromatic rings. The van der Waals surface area contributed by atoms with Crippen LogP contribution in [0.15, 0.2) is 54.7 Å². The van der Waals surface area contributed by atoms with Gasteiger partial charge in [0.2, 0.25) is 5.95 Å². The Morgan fingerprint density at radius 2 is 1.66 bits per heavy atom. The van der Waals surface area contributed by atoms with E-state index in [-0.39, 0.29) is 0 Å². The van der Waals surface area contributed by atoms with Gasteiger partial charge in [-0.2, -0.15) is 10.1 Å². The zero-order valence-corrected chi connectivity index (χ0v) is 16.6. The van der Waals surface area contributed by atoms with Gasteiger partial charge in [-0.25, -0.2) is 0 Å². The van der Waals surface area contributed by atoms with Crippen molar-refractivity contribution < 1.29 is 0 Å². The number of hydrogen-bond donors (Lipinski definition) is 1. The standard InChI is InChI=1S/C23H26N6/c1-4-14-28(15-5-1)20-12-10-19(11-13-20)25-23-26-22(17-24-27-23)29-16-6-8-18-7-2-3-9-21(18)29/h2-3,7,9-13,17H,1,4-6,8,14-16H2,(H,25,26,27). The van der Waals surface area contributed by atoms with Crippen molar-refractivity contribution in [3.8, 4) is 0 Å². The molecule has 0 spiro atoms. The Labute approximate surface area is 171 Å². The van der Waals surface area contributed by atoms with Crippen LogP contribution in [0, 0.1) is 0 Å². The number of benzene rings is 2. The summed E-state index contributed by atoms with van der Waals surface area (Å²) in [6.07, 6.45) is 7.88. The molecule has 0 aliphatic carbocycles. The number of rotatable bonds is 4. The summed E-state index contributed by atoms with van der Waals surface area (Å²) in [5.74, 6) is 1.36. The molecule has 0 unspecified atom stereocenters. The van der Waals surface area contributed by atoms with Crippen molar-refractivity contribution in [2.24, 2.45) is 0 Å². The molecule has 0 amide bonds. The average molecular weight is 387 g/mol. The summed E-state index contributed by atoms with van der Waals surface area (Å²) in [6.45, 7) is 3.25. The molecule has 1 aromatic heterocycles. The van der Waals surface area contributed by atoms with Gasteiger partial charge in [-0.3, -0.25) is 0 Å². The van der Waals surface area contributed by atoms with E-state index in [0.29, 0.717) is 5.95 Å². The lowest BCUT2D eigenvalue weighted by atomic mass is 10.0. The van der Waals surface area contributed by atoms with Crippen LogP contribution in [-0.4, -0.2) is 34.8 Å². The van der Waals surface area contributed by atoms with Crippen LogP contribution in [0.2, 0.25) is 0 Å². The van der Waals surface area contributed by atoms with Crippen molar-refractivity contribution >= 4 is 28.8 Å². The molecule has 0 atom stereocenters. The Bertz CT molecular complexity index is 965. The number of nitrogens with one attached hydrogen (secondary N) is 1. The lowest BCUT2D eigenvalue weighted by Gasteiger charge is -2.30. The number of anilines is 5. The van der Waals surface area contributed by atoms with E-state index in [1.807, 2.05) is 0 Å². The summed E-state index contributed by atoms with van der Waals surface area (Å²) in [7, 11) is 0. The summed E-state index contributed by atoms with van der Waals surface area (Å²) in [4.78, 5) is 9.43. The Morgan fingerprint density at radius 3 is 2.52 bits per heavy atom. The molecule has 1 fully saturated rings. The Morgan fingerprint density at radius 1 is 0.828 bits per heavy atom. The first kappa shape index (κ1) is 17.9. The third kappa shape index (κ3) is 3.88. The maximum absolute atomic E-state index is 4.73. The molecule has 3 heterocycles. The van der Waals surface area contributed by atoms with E-state index in [4.69, 9.17) is 4.98 Å². The molecular weight excluding hydrogens is 360 g/mol. The second kappa shape index (κ2) is 8.07. The maximum atomic E-state index is 4.73. The minimum Gasteiger partial charge on any atom is -0.372 e. The van der Waals surface area contributed by atoms with Gasteiger partial charge in [-0.05, 0) is 68.0 Å². The van der Waals surface area contributed by atoms with E-state index in [9.17, 15) is 0 Å². The molecule has 1 saturated heterocycles. The molecule has 2 aliphatic heterocycles. The van der Waals surface area contributed by atoms with Crippen molar-refractivity contribution in [2.45, 2.75) is 32.1 Å². The first-order chi connectivity index (χ1) is 14.4. The number of para-hydroxylation sites is 1. The Kier molecular flexibility index (Phi) is 4.99. The van der Waals surface area contributed by atoms with Crippen LogP contribution in [-0.2, 0) is 6.42 Å². The predicted octanol–water partition coefficient (Wildman–Crippen LogP) is 4.69. The van der Waals surface area contributed by atoms with Gasteiger partial charge >= 0.3 is 0 Å². The minimum absolute atomic E-state index is 0.524. The molecule has 0 bridgehead atoms. The van der Waals surface area contributed by atoms with Crippen molar-refractivity contribution in [1.82, 2.24) is 15.2 Å². The van der Waals surface area contributed by atoms with Crippen LogP contribution < -0.4 is 15.1 Å². The molecule has 2 aliphatic rings. The van der Waals surface area contributed by atoms with Crippen LogP contribution in [0.4, 0.5) is 28.8 Å². The largest absolute Gasteiger partial charge is 0.372 e. The van der Waals surface area contributed by atoms with Crippen molar-refractivity contribution in [3.63, 3.8) is 0 Å². The number of fused-ring (bicyclic) bond motifs is 1.